The Morgan fingerprint density at radius 1 is 1.53 bits per heavy atom. The molecule has 1 atom stereocenters. The maximum absolute atomic E-state index is 13.1. The van der Waals surface area contributed by atoms with Gasteiger partial charge in [0, 0.05) is 25.7 Å². The summed E-state index contributed by atoms with van der Waals surface area (Å²) in [5.74, 6) is -0.187. The number of piperazine rings is 1. The summed E-state index contributed by atoms with van der Waals surface area (Å²) in [6.07, 6.45) is 0. The van der Waals surface area contributed by atoms with Crippen LogP contribution < -0.4 is 5.32 Å². The van der Waals surface area contributed by atoms with Gasteiger partial charge in [-0.15, -0.1) is 23.7 Å². The number of hydrogen-bond acceptors (Lipinski definition) is 4. The molecule has 1 saturated heterocycles. The third-order valence-corrected chi connectivity index (χ3v) is 4.37. The van der Waals surface area contributed by atoms with Crippen LogP contribution in [0, 0.1) is 5.82 Å². The lowest BCUT2D eigenvalue weighted by Crippen LogP contribution is -2.49. The van der Waals surface area contributed by atoms with Gasteiger partial charge in [0.05, 0.1) is 16.8 Å². The molecule has 2 aromatic rings. The Morgan fingerprint density at radius 2 is 2.37 bits per heavy atom. The summed E-state index contributed by atoms with van der Waals surface area (Å²) >= 11 is 1.59. The van der Waals surface area contributed by atoms with Crippen LogP contribution in [0.15, 0.2) is 18.2 Å². The Kier molecular flexibility index (Phi) is 4.73. The highest BCUT2D eigenvalue weighted by Gasteiger charge is 2.19. The predicted molar refractivity (Wildman–Crippen MR) is 79.6 cm³/mol. The average Bonchev–Trinajstić information content (AvgIpc) is 2.73. The molecule has 104 valence electrons. The second kappa shape index (κ2) is 6.13. The molecule has 3 nitrogen and oxygen atoms in total. The highest BCUT2D eigenvalue weighted by molar-refractivity contribution is 7.18. The van der Waals surface area contributed by atoms with Crippen molar-refractivity contribution in [1.82, 2.24) is 15.2 Å². The summed E-state index contributed by atoms with van der Waals surface area (Å²) in [7, 11) is 0. The van der Waals surface area contributed by atoms with Crippen LogP contribution in [0.4, 0.5) is 4.39 Å². The lowest BCUT2D eigenvalue weighted by atomic mass is 10.2. The summed E-state index contributed by atoms with van der Waals surface area (Å²) < 4.78 is 14.1. The van der Waals surface area contributed by atoms with E-state index in [2.05, 4.69) is 22.1 Å². The van der Waals surface area contributed by atoms with E-state index in [9.17, 15) is 4.39 Å². The topological polar surface area (TPSA) is 28.2 Å². The molecule has 19 heavy (non-hydrogen) atoms. The molecule has 1 aliphatic heterocycles. The van der Waals surface area contributed by atoms with Crippen molar-refractivity contribution in [3.05, 3.63) is 29.0 Å². The molecule has 0 amide bonds. The lowest BCUT2D eigenvalue weighted by molar-refractivity contribution is 0.165. The van der Waals surface area contributed by atoms with E-state index in [-0.39, 0.29) is 18.2 Å². The van der Waals surface area contributed by atoms with Gasteiger partial charge in [0.15, 0.2) is 0 Å². The molecule has 1 aliphatic rings. The number of aromatic nitrogens is 1. The Morgan fingerprint density at radius 3 is 3.16 bits per heavy atom. The van der Waals surface area contributed by atoms with Crippen molar-refractivity contribution in [1.29, 1.82) is 0 Å². The number of thiazole rings is 1. The quantitative estimate of drug-likeness (QED) is 0.924. The second-order valence-electron chi connectivity index (χ2n) is 4.74. The number of rotatable bonds is 2. The van der Waals surface area contributed by atoms with Crippen LogP contribution in [0.25, 0.3) is 10.2 Å². The van der Waals surface area contributed by atoms with E-state index in [1.165, 1.54) is 6.07 Å². The zero-order chi connectivity index (χ0) is 12.5. The van der Waals surface area contributed by atoms with Crippen molar-refractivity contribution in [2.24, 2.45) is 0 Å². The standard InChI is InChI=1S/C13H16FN3S.ClH/c1-9-7-15-4-5-17(9)8-13-16-11-3-2-10(14)6-12(11)18-13;/h2-3,6,9,15H,4-5,7-8H2,1H3;1H/t9-;/m1./s1. The second-order valence-corrected chi connectivity index (χ2v) is 5.86. The smallest absolute Gasteiger partial charge is 0.124 e. The SMILES string of the molecule is C[C@@H]1CNCCN1Cc1nc2ccc(F)cc2s1.Cl. The highest BCUT2D eigenvalue weighted by atomic mass is 35.5. The Balaban J connectivity index is 0.00000133. The van der Waals surface area contributed by atoms with Gasteiger partial charge in [0.2, 0.25) is 0 Å². The van der Waals surface area contributed by atoms with Gasteiger partial charge in [-0.1, -0.05) is 0 Å². The van der Waals surface area contributed by atoms with E-state index in [0.717, 1.165) is 41.4 Å². The maximum Gasteiger partial charge on any atom is 0.124 e. The van der Waals surface area contributed by atoms with Crippen molar-refractivity contribution in [3.63, 3.8) is 0 Å². The van der Waals surface area contributed by atoms with Crippen LogP contribution in [0.3, 0.4) is 0 Å². The number of halogens is 2. The van der Waals surface area contributed by atoms with Crippen LogP contribution in [-0.4, -0.2) is 35.6 Å². The molecule has 2 heterocycles. The molecule has 1 aromatic carbocycles. The molecule has 1 aromatic heterocycles. The van der Waals surface area contributed by atoms with Crippen LogP contribution in [0.1, 0.15) is 11.9 Å². The number of nitrogens with zero attached hydrogens (tertiary/aromatic N) is 2. The molecule has 6 heteroatoms. The molecule has 0 saturated carbocycles. The fourth-order valence-corrected chi connectivity index (χ4v) is 3.32. The normalized spacial score (nSPS) is 20.4. The highest BCUT2D eigenvalue weighted by Crippen LogP contribution is 2.24. The third-order valence-electron chi connectivity index (χ3n) is 3.37. The minimum Gasteiger partial charge on any atom is -0.314 e. The fraction of sp³-hybridized carbons (Fsp3) is 0.462. The average molecular weight is 302 g/mol. The first-order valence-corrected chi connectivity index (χ1v) is 7.04. The molecule has 0 aliphatic carbocycles. The fourth-order valence-electron chi connectivity index (χ4n) is 2.31. The lowest BCUT2D eigenvalue weighted by Gasteiger charge is -2.33. The predicted octanol–water partition coefficient (Wildman–Crippen LogP) is 2.65. The molecule has 1 fully saturated rings. The number of fused-ring (bicyclic) bond motifs is 1. The molecule has 0 bridgehead atoms. The van der Waals surface area contributed by atoms with Gasteiger partial charge >= 0.3 is 0 Å². The van der Waals surface area contributed by atoms with Gasteiger partial charge in [-0.3, -0.25) is 4.90 Å². The monoisotopic (exact) mass is 301 g/mol. The third kappa shape index (κ3) is 3.23. The summed E-state index contributed by atoms with van der Waals surface area (Å²) in [5.41, 5.74) is 0.902. The van der Waals surface area contributed by atoms with E-state index >= 15 is 0 Å². The van der Waals surface area contributed by atoms with Crippen LogP contribution in [0.2, 0.25) is 0 Å². The van der Waals surface area contributed by atoms with E-state index in [4.69, 9.17) is 0 Å². The number of hydrogen-bond donors (Lipinski definition) is 1. The Bertz CT molecular complexity index is 560. The van der Waals surface area contributed by atoms with Crippen molar-refractivity contribution in [3.8, 4) is 0 Å². The summed E-state index contributed by atoms with van der Waals surface area (Å²) in [5, 5.41) is 4.45. The van der Waals surface area contributed by atoms with Gasteiger partial charge in [0.25, 0.3) is 0 Å². The van der Waals surface area contributed by atoms with Gasteiger partial charge in [-0.25, -0.2) is 9.37 Å². The van der Waals surface area contributed by atoms with E-state index in [0.29, 0.717) is 6.04 Å². The first kappa shape index (κ1) is 14.7. The van der Waals surface area contributed by atoms with Crippen molar-refractivity contribution in [2.45, 2.75) is 19.5 Å². The van der Waals surface area contributed by atoms with Crippen molar-refractivity contribution >= 4 is 34.0 Å². The molecular formula is C13H17ClFN3S. The Hall–Kier alpha value is -0.750. The molecule has 3 rings (SSSR count). The van der Waals surface area contributed by atoms with Gasteiger partial charge in [-0.2, -0.15) is 0 Å². The van der Waals surface area contributed by atoms with Crippen LogP contribution >= 0.6 is 23.7 Å². The summed E-state index contributed by atoms with van der Waals surface area (Å²) in [6, 6.07) is 5.32. The van der Waals surface area contributed by atoms with E-state index in [1.54, 1.807) is 23.5 Å². The molecule has 0 spiro atoms. The largest absolute Gasteiger partial charge is 0.314 e. The molecular weight excluding hydrogens is 285 g/mol. The van der Waals surface area contributed by atoms with Crippen molar-refractivity contribution in [2.75, 3.05) is 19.6 Å². The first-order chi connectivity index (χ1) is 8.72. The molecule has 0 radical (unpaired) electrons. The zero-order valence-electron chi connectivity index (χ0n) is 10.7. The Labute approximate surface area is 122 Å². The van der Waals surface area contributed by atoms with Gasteiger partial charge in [-0.05, 0) is 25.1 Å². The molecule has 0 unspecified atom stereocenters. The number of nitrogens with one attached hydrogen (secondary N) is 1. The number of benzene rings is 1. The maximum atomic E-state index is 13.1. The van der Waals surface area contributed by atoms with E-state index < -0.39 is 0 Å². The van der Waals surface area contributed by atoms with Gasteiger partial charge in [0.1, 0.15) is 10.8 Å². The summed E-state index contributed by atoms with van der Waals surface area (Å²) in [4.78, 5) is 6.99. The van der Waals surface area contributed by atoms with Gasteiger partial charge < -0.3 is 5.32 Å². The first-order valence-electron chi connectivity index (χ1n) is 6.22. The van der Waals surface area contributed by atoms with Crippen molar-refractivity contribution < 1.29 is 4.39 Å². The molecule has 1 N–H and O–H groups in total. The minimum atomic E-state index is -0.187. The van der Waals surface area contributed by atoms with Crippen LogP contribution in [0.5, 0.6) is 0 Å². The minimum absolute atomic E-state index is 0. The summed E-state index contributed by atoms with van der Waals surface area (Å²) in [6.45, 7) is 6.19. The zero-order valence-corrected chi connectivity index (χ0v) is 12.4. The van der Waals surface area contributed by atoms with Crippen LogP contribution in [-0.2, 0) is 6.54 Å². The van der Waals surface area contributed by atoms with E-state index in [1.807, 2.05) is 0 Å².